The van der Waals surface area contributed by atoms with Gasteiger partial charge in [-0.3, -0.25) is 0 Å². The van der Waals surface area contributed by atoms with E-state index in [1.165, 1.54) is 5.56 Å². The van der Waals surface area contributed by atoms with Crippen molar-refractivity contribution in [3.63, 3.8) is 0 Å². The maximum absolute atomic E-state index is 10.6. The molecule has 1 heterocycles. The van der Waals surface area contributed by atoms with Crippen molar-refractivity contribution in [3.8, 4) is 0 Å². The van der Waals surface area contributed by atoms with Crippen molar-refractivity contribution in [1.82, 2.24) is 4.90 Å². The van der Waals surface area contributed by atoms with E-state index in [1.807, 2.05) is 18.2 Å². The van der Waals surface area contributed by atoms with Gasteiger partial charge in [0.25, 0.3) is 0 Å². The summed E-state index contributed by atoms with van der Waals surface area (Å²) in [6, 6.07) is 10.2. The molecule has 2 N–H and O–H groups in total. The molecular formula is C15H23NO2. The third-order valence-corrected chi connectivity index (χ3v) is 3.80. The van der Waals surface area contributed by atoms with Gasteiger partial charge in [-0.15, -0.1) is 0 Å². The number of hydrogen-bond acceptors (Lipinski definition) is 3. The van der Waals surface area contributed by atoms with Crippen molar-refractivity contribution in [3.05, 3.63) is 35.9 Å². The van der Waals surface area contributed by atoms with Gasteiger partial charge in [-0.25, -0.2) is 0 Å². The van der Waals surface area contributed by atoms with Crippen LogP contribution in [0.2, 0.25) is 0 Å². The molecule has 3 heteroatoms. The lowest BCUT2D eigenvalue weighted by atomic mass is 9.85. The summed E-state index contributed by atoms with van der Waals surface area (Å²) in [6.45, 7) is 3.06. The van der Waals surface area contributed by atoms with Gasteiger partial charge in [0.15, 0.2) is 0 Å². The van der Waals surface area contributed by atoms with E-state index < -0.39 is 5.60 Å². The highest BCUT2D eigenvalue weighted by Gasteiger charge is 2.31. The normalized spacial score (nSPS) is 19.9. The van der Waals surface area contributed by atoms with Crippen LogP contribution in [0.1, 0.15) is 24.8 Å². The highest BCUT2D eigenvalue weighted by Crippen LogP contribution is 2.26. The van der Waals surface area contributed by atoms with Crippen LogP contribution >= 0.6 is 0 Å². The lowest BCUT2D eigenvalue weighted by molar-refractivity contribution is -0.0213. The molecule has 0 saturated carbocycles. The largest absolute Gasteiger partial charge is 0.396 e. The van der Waals surface area contributed by atoms with Crippen LogP contribution in [0.15, 0.2) is 30.3 Å². The molecule has 0 aromatic heterocycles. The summed E-state index contributed by atoms with van der Waals surface area (Å²) >= 11 is 0. The van der Waals surface area contributed by atoms with Crippen LogP contribution < -0.4 is 0 Å². The van der Waals surface area contributed by atoms with Crippen LogP contribution in [-0.2, 0) is 6.42 Å². The van der Waals surface area contributed by atoms with E-state index in [9.17, 15) is 5.11 Å². The van der Waals surface area contributed by atoms with Gasteiger partial charge >= 0.3 is 0 Å². The van der Waals surface area contributed by atoms with Gasteiger partial charge in [-0.1, -0.05) is 30.3 Å². The third-order valence-electron chi connectivity index (χ3n) is 3.80. The van der Waals surface area contributed by atoms with E-state index in [4.69, 9.17) is 5.11 Å². The van der Waals surface area contributed by atoms with Gasteiger partial charge in [0, 0.05) is 32.7 Å². The molecule has 100 valence electrons. The quantitative estimate of drug-likeness (QED) is 0.830. The zero-order valence-electron chi connectivity index (χ0n) is 10.9. The molecule has 0 bridgehead atoms. The Labute approximate surface area is 109 Å². The smallest absolute Gasteiger partial charge is 0.0712 e. The summed E-state index contributed by atoms with van der Waals surface area (Å²) in [5.74, 6) is 0. The molecule has 1 aromatic carbocycles. The molecule has 1 saturated heterocycles. The molecule has 1 aliphatic rings. The molecule has 1 aromatic rings. The second kappa shape index (κ2) is 6.32. The summed E-state index contributed by atoms with van der Waals surface area (Å²) in [7, 11) is 0. The van der Waals surface area contributed by atoms with Crippen molar-refractivity contribution in [2.75, 3.05) is 26.2 Å². The fourth-order valence-corrected chi connectivity index (χ4v) is 2.64. The van der Waals surface area contributed by atoms with Gasteiger partial charge in [0.1, 0.15) is 0 Å². The molecule has 2 rings (SSSR count). The molecule has 1 aliphatic heterocycles. The van der Waals surface area contributed by atoms with E-state index in [0.717, 1.165) is 45.3 Å². The van der Waals surface area contributed by atoms with Crippen molar-refractivity contribution in [1.29, 1.82) is 0 Å². The van der Waals surface area contributed by atoms with Crippen LogP contribution in [0.5, 0.6) is 0 Å². The fourth-order valence-electron chi connectivity index (χ4n) is 2.64. The first kappa shape index (κ1) is 13.5. The standard InChI is InChI=1S/C15H23NO2/c17-12-4-9-16-10-7-15(18,8-11-16)13-14-5-2-1-3-6-14/h1-3,5-6,17-18H,4,7-13H2. The Hall–Kier alpha value is -0.900. The van der Waals surface area contributed by atoms with Gasteiger partial charge in [0.2, 0.25) is 0 Å². The van der Waals surface area contributed by atoms with Crippen LogP contribution in [0, 0.1) is 0 Å². The average molecular weight is 249 g/mol. The van der Waals surface area contributed by atoms with Crippen LogP contribution in [-0.4, -0.2) is 47.0 Å². The highest BCUT2D eigenvalue weighted by molar-refractivity contribution is 5.17. The van der Waals surface area contributed by atoms with E-state index >= 15 is 0 Å². The minimum atomic E-state index is -0.545. The molecule has 1 fully saturated rings. The highest BCUT2D eigenvalue weighted by atomic mass is 16.3. The number of benzene rings is 1. The minimum absolute atomic E-state index is 0.255. The van der Waals surface area contributed by atoms with E-state index in [0.29, 0.717) is 0 Å². The Bertz CT molecular complexity index is 345. The molecule has 3 nitrogen and oxygen atoms in total. The summed E-state index contributed by atoms with van der Waals surface area (Å²) in [5.41, 5.74) is 0.667. The van der Waals surface area contributed by atoms with Crippen LogP contribution in [0.4, 0.5) is 0 Å². The van der Waals surface area contributed by atoms with Gasteiger partial charge in [-0.2, -0.15) is 0 Å². The zero-order valence-corrected chi connectivity index (χ0v) is 10.9. The van der Waals surface area contributed by atoms with Crippen molar-refractivity contribution < 1.29 is 10.2 Å². The van der Waals surface area contributed by atoms with Gasteiger partial charge < -0.3 is 15.1 Å². The molecule has 0 amide bonds. The first-order valence-corrected chi connectivity index (χ1v) is 6.81. The first-order chi connectivity index (χ1) is 8.72. The van der Waals surface area contributed by atoms with Crippen molar-refractivity contribution in [2.24, 2.45) is 0 Å². The lowest BCUT2D eigenvalue weighted by Crippen LogP contribution is -2.46. The third kappa shape index (κ3) is 3.80. The number of aliphatic hydroxyl groups is 2. The Morgan fingerprint density at radius 1 is 1.11 bits per heavy atom. The topological polar surface area (TPSA) is 43.7 Å². The Morgan fingerprint density at radius 2 is 1.78 bits per heavy atom. The Morgan fingerprint density at radius 3 is 2.39 bits per heavy atom. The Balaban J connectivity index is 1.83. The Kier molecular flexibility index (Phi) is 4.75. The summed E-state index contributed by atoms with van der Waals surface area (Å²) in [6.07, 6.45) is 3.24. The fraction of sp³-hybridized carbons (Fsp3) is 0.600. The molecule has 0 unspecified atom stereocenters. The summed E-state index contributed by atoms with van der Waals surface area (Å²) < 4.78 is 0. The van der Waals surface area contributed by atoms with E-state index in [2.05, 4.69) is 17.0 Å². The molecule has 0 radical (unpaired) electrons. The maximum atomic E-state index is 10.6. The van der Waals surface area contributed by atoms with Crippen molar-refractivity contribution in [2.45, 2.75) is 31.3 Å². The van der Waals surface area contributed by atoms with E-state index in [-0.39, 0.29) is 6.61 Å². The number of rotatable bonds is 5. The molecule has 0 atom stereocenters. The van der Waals surface area contributed by atoms with Gasteiger partial charge in [0.05, 0.1) is 5.60 Å². The molecule has 0 aliphatic carbocycles. The monoisotopic (exact) mass is 249 g/mol. The lowest BCUT2D eigenvalue weighted by Gasteiger charge is -2.38. The number of likely N-dealkylation sites (tertiary alicyclic amines) is 1. The number of piperidine rings is 1. The average Bonchev–Trinajstić information content (AvgIpc) is 2.39. The second-order valence-corrected chi connectivity index (χ2v) is 5.31. The number of aliphatic hydroxyl groups excluding tert-OH is 1. The maximum Gasteiger partial charge on any atom is 0.0712 e. The zero-order chi connectivity index (χ0) is 12.8. The molecule has 0 spiro atoms. The van der Waals surface area contributed by atoms with Gasteiger partial charge in [-0.05, 0) is 24.8 Å². The number of nitrogens with zero attached hydrogens (tertiary/aromatic N) is 1. The summed E-state index contributed by atoms with van der Waals surface area (Å²) in [4.78, 5) is 2.33. The summed E-state index contributed by atoms with van der Waals surface area (Å²) in [5, 5.41) is 19.4. The molecular weight excluding hydrogens is 226 g/mol. The predicted octanol–water partition coefficient (Wildman–Crippen LogP) is 1.44. The molecule has 18 heavy (non-hydrogen) atoms. The first-order valence-electron chi connectivity index (χ1n) is 6.81. The number of hydrogen-bond donors (Lipinski definition) is 2. The SMILES string of the molecule is OCCCN1CCC(O)(Cc2ccccc2)CC1. The van der Waals surface area contributed by atoms with Crippen LogP contribution in [0.3, 0.4) is 0 Å². The second-order valence-electron chi connectivity index (χ2n) is 5.31. The van der Waals surface area contributed by atoms with Crippen molar-refractivity contribution >= 4 is 0 Å². The minimum Gasteiger partial charge on any atom is -0.396 e. The van der Waals surface area contributed by atoms with Crippen LogP contribution in [0.25, 0.3) is 0 Å². The van der Waals surface area contributed by atoms with E-state index in [1.54, 1.807) is 0 Å². The predicted molar refractivity (Wildman–Crippen MR) is 72.5 cm³/mol.